The van der Waals surface area contributed by atoms with Crippen LogP contribution in [0.1, 0.15) is 10.4 Å². The number of rotatable bonds is 6. The number of hydrogen-bond donors (Lipinski definition) is 1. The molecule has 0 bridgehead atoms. The Balaban J connectivity index is 1.72. The van der Waals surface area contributed by atoms with E-state index in [-0.39, 0.29) is 17.2 Å². The lowest BCUT2D eigenvalue weighted by Gasteiger charge is -2.13. The predicted molar refractivity (Wildman–Crippen MR) is 113 cm³/mol. The van der Waals surface area contributed by atoms with Crippen LogP contribution in [0, 0.1) is 0 Å². The molecule has 0 radical (unpaired) electrons. The summed E-state index contributed by atoms with van der Waals surface area (Å²) in [6.45, 7) is -3.02. The van der Waals surface area contributed by atoms with Gasteiger partial charge in [0.05, 0.1) is 23.9 Å². The van der Waals surface area contributed by atoms with Crippen LogP contribution in [0.2, 0.25) is 0 Å². The van der Waals surface area contributed by atoms with E-state index in [9.17, 15) is 13.6 Å². The third-order valence-corrected chi connectivity index (χ3v) is 4.57. The number of fused-ring (bicyclic) bond motifs is 1. The van der Waals surface area contributed by atoms with E-state index >= 15 is 0 Å². The van der Waals surface area contributed by atoms with Crippen molar-refractivity contribution in [2.75, 3.05) is 12.4 Å². The normalized spacial score (nSPS) is 10.8. The van der Waals surface area contributed by atoms with E-state index in [0.717, 1.165) is 5.56 Å². The van der Waals surface area contributed by atoms with Crippen molar-refractivity contribution in [1.29, 1.82) is 0 Å². The molecular weight excluding hydrogens is 404 g/mol. The minimum absolute atomic E-state index is 0.132. The average Bonchev–Trinajstić information content (AvgIpc) is 2.78. The van der Waals surface area contributed by atoms with E-state index < -0.39 is 12.5 Å². The van der Waals surface area contributed by atoms with E-state index in [1.807, 2.05) is 18.2 Å². The van der Waals surface area contributed by atoms with Crippen molar-refractivity contribution in [2.45, 2.75) is 6.61 Å². The number of carbonyl (C=O) groups excluding carboxylic acids is 1. The van der Waals surface area contributed by atoms with E-state index in [1.54, 1.807) is 42.7 Å². The molecule has 4 rings (SSSR count). The quantitative estimate of drug-likeness (QED) is 0.466. The molecule has 0 atom stereocenters. The Kier molecular flexibility index (Phi) is 5.70. The molecule has 6 nitrogen and oxygen atoms in total. The third kappa shape index (κ3) is 4.42. The summed E-state index contributed by atoms with van der Waals surface area (Å²) in [7, 11) is 1.34. The summed E-state index contributed by atoms with van der Waals surface area (Å²) in [4.78, 5) is 21.8. The zero-order valence-electron chi connectivity index (χ0n) is 16.4. The molecule has 2 heterocycles. The fourth-order valence-electron chi connectivity index (χ4n) is 3.17. The third-order valence-electron chi connectivity index (χ3n) is 4.57. The summed E-state index contributed by atoms with van der Waals surface area (Å²) in [5.74, 6) is -0.456. The SMILES string of the molecule is COc1ccc(NC(=O)c2cc(-c3ccncc3)nc3ccccc23)cc1OC(F)F. The van der Waals surface area contributed by atoms with E-state index in [4.69, 9.17) is 4.74 Å². The molecule has 1 N–H and O–H groups in total. The second kappa shape index (κ2) is 8.74. The molecule has 2 aromatic carbocycles. The number of nitrogens with one attached hydrogen (secondary N) is 1. The van der Waals surface area contributed by atoms with Gasteiger partial charge in [0.15, 0.2) is 11.5 Å². The van der Waals surface area contributed by atoms with Gasteiger partial charge in [-0.25, -0.2) is 4.98 Å². The summed E-state index contributed by atoms with van der Waals surface area (Å²) in [6, 6.07) is 16.8. The number of amides is 1. The van der Waals surface area contributed by atoms with Crippen molar-refractivity contribution in [2.24, 2.45) is 0 Å². The Bertz CT molecular complexity index is 1230. The standard InChI is InChI=1S/C23H17F2N3O3/c1-30-20-7-6-15(12-21(20)31-23(24)25)27-22(29)17-13-19(14-8-10-26-11-9-14)28-18-5-3-2-4-16(17)18/h2-13,23H,1H3,(H,27,29). The maximum Gasteiger partial charge on any atom is 0.387 e. The van der Waals surface area contributed by atoms with Crippen LogP contribution in [-0.2, 0) is 0 Å². The lowest BCUT2D eigenvalue weighted by molar-refractivity contribution is -0.0511. The number of benzene rings is 2. The van der Waals surface area contributed by atoms with Crippen LogP contribution in [0.15, 0.2) is 73.1 Å². The molecule has 4 aromatic rings. The van der Waals surface area contributed by atoms with Crippen LogP contribution in [0.4, 0.5) is 14.5 Å². The number of alkyl halides is 2. The predicted octanol–water partition coefficient (Wildman–Crippen LogP) is 5.16. The Hall–Kier alpha value is -4.07. The van der Waals surface area contributed by atoms with Gasteiger partial charge in [0.1, 0.15) is 0 Å². The highest BCUT2D eigenvalue weighted by Gasteiger charge is 2.16. The van der Waals surface area contributed by atoms with Gasteiger partial charge in [-0.3, -0.25) is 9.78 Å². The van der Waals surface area contributed by atoms with Crippen molar-refractivity contribution < 1.29 is 23.0 Å². The first-order chi connectivity index (χ1) is 15.0. The van der Waals surface area contributed by atoms with E-state index in [2.05, 4.69) is 20.0 Å². The maximum atomic E-state index is 13.1. The average molecular weight is 421 g/mol. The number of para-hydroxylation sites is 1. The number of anilines is 1. The molecule has 1 amide bonds. The number of aromatic nitrogens is 2. The van der Waals surface area contributed by atoms with Gasteiger partial charge < -0.3 is 14.8 Å². The van der Waals surface area contributed by atoms with Crippen LogP contribution >= 0.6 is 0 Å². The van der Waals surface area contributed by atoms with Crippen LogP contribution in [-0.4, -0.2) is 29.6 Å². The molecule has 0 aliphatic carbocycles. The highest BCUT2D eigenvalue weighted by molar-refractivity contribution is 6.13. The second-order valence-electron chi connectivity index (χ2n) is 6.51. The summed E-state index contributed by atoms with van der Waals surface area (Å²) < 4.78 is 34.9. The molecule has 0 unspecified atom stereocenters. The zero-order valence-corrected chi connectivity index (χ0v) is 16.4. The van der Waals surface area contributed by atoms with Crippen molar-refractivity contribution in [3.8, 4) is 22.8 Å². The van der Waals surface area contributed by atoms with Crippen LogP contribution in [0.5, 0.6) is 11.5 Å². The monoisotopic (exact) mass is 421 g/mol. The highest BCUT2D eigenvalue weighted by atomic mass is 19.3. The van der Waals surface area contributed by atoms with Crippen LogP contribution in [0.25, 0.3) is 22.2 Å². The molecule has 0 spiro atoms. The lowest BCUT2D eigenvalue weighted by atomic mass is 10.0. The van der Waals surface area contributed by atoms with Gasteiger partial charge >= 0.3 is 6.61 Å². The second-order valence-corrected chi connectivity index (χ2v) is 6.51. The molecule has 31 heavy (non-hydrogen) atoms. The lowest BCUT2D eigenvalue weighted by Crippen LogP contribution is -2.13. The van der Waals surface area contributed by atoms with Gasteiger partial charge in [0.25, 0.3) is 5.91 Å². The molecular formula is C23H17F2N3O3. The van der Waals surface area contributed by atoms with Gasteiger partial charge in [0, 0.05) is 35.1 Å². The molecule has 0 saturated carbocycles. The fraction of sp³-hybridized carbons (Fsp3) is 0.0870. The Morgan fingerprint density at radius 2 is 1.77 bits per heavy atom. The van der Waals surface area contributed by atoms with Crippen molar-refractivity contribution in [3.63, 3.8) is 0 Å². The summed E-state index contributed by atoms with van der Waals surface area (Å²) in [5, 5.41) is 3.40. The van der Waals surface area contributed by atoms with Gasteiger partial charge in [0.2, 0.25) is 0 Å². The fourth-order valence-corrected chi connectivity index (χ4v) is 3.17. The summed E-state index contributed by atoms with van der Waals surface area (Å²) in [6.07, 6.45) is 3.29. The molecule has 0 aliphatic rings. The van der Waals surface area contributed by atoms with Crippen LogP contribution in [0.3, 0.4) is 0 Å². The first kappa shape index (κ1) is 20.2. The molecule has 0 saturated heterocycles. The maximum absolute atomic E-state index is 13.1. The Morgan fingerprint density at radius 1 is 1.00 bits per heavy atom. The van der Waals surface area contributed by atoms with Crippen molar-refractivity contribution in [1.82, 2.24) is 9.97 Å². The Morgan fingerprint density at radius 3 is 2.52 bits per heavy atom. The molecule has 0 aliphatic heterocycles. The van der Waals surface area contributed by atoms with Gasteiger partial charge in [-0.2, -0.15) is 8.78 Å². The van der Waals surface area contributed by atoms with Gasteiger partial charge in [-0.05, 0) is 36.4 Å². The highest BCUT2D eigenvalue weighted by Crippen LogP contribution is 2.32. The number of hydrogen-bond acceptors (Lipinski definition) is 5. The molecule has 2 aromatic heterocycles. The van der Waals surface area contributed by atoms with Gasteiger partial charge in [-0.15, -0.1) is 0 Å². The smallest absolute Gasteiger partial charge is 0.387 e. The zero-order chi connectivity index (χ0) is 21.8. The Labute approximate surface area is 176 Å². The summed E-state index contributed by atoms with van der Waals surface area (Å²) in [5.41, 5.74) is 2.75. The number of nitrogens with zero attached hydrogens (tertiary/aromatic N) is 2. The topological polar surface area (TPSA) is 73.3 Å². The van der Waals surface area contributed by atoms with E-state index in [0.29, 0.717) is 22.2 Å². The van der Waals surface area contributed by atoms with E-state index in [1.165, 1.54) is 19.2 Å². The molecule has 0 fully saturated rings. The van der Waals surface area contributed by atoms with Crippen molar-refractivity contribution >= 4 is 22.5 Å². The number of carbonyl (C=O) groups is 1. The molecule has 156 valence electrons. The minimum atomic E-state index is -3.02. The number of methoxy groups -OCH3 is 1. The minimum Gasteiger partial charge on any atom is -0.493 e. The first-order valence-corrected chi connectivity index (χ1v) is 9.29. The first-order valence-electron chi connectivity index (χ1n) is 9.29. The van der Waals surface area contributed by atoms with Crippen molar-refractivity contribution in [3.05, 3.63) is 78.6 Å². The van der Waals surface area contributed by atoms with Crippen LogP contribution < -0.4 is 14.8 Å². The van der Waals surface area contributed by atoms with Gasteiger partial charge in [-0.1, -0.05) is 18.2 Å². The number of halogens is 2. The largest absolute Gasteiger partial charge is 0.493 e. The number of ether oxygens (including phenoxy) is 2. The molecule has 8 heteroatoms. The number of pyridine rings is 2. The summed E-state index contributed by atoms with van der Waals surface area (Å²) >= 11 is 0.